The number of nitrogens with zero attached hydrogens (tertiary/aromatic N) is 4. The second-order valence-corrected chi connectivity index (χ2v) is 9.22. The summed E-state index contributed by atoms with van der Waals surface area (Å²) in [6, 6.07) is 14.6. The lowest BCUT2D eigenvalue weighted by atomic mass is 9.97. The average Bonchev–Trinajstić information content (AvgIpc) is 3.37. The van der Waals surface area contributed by atoms with Gasteiger partial charge in [0.15, 0.2) is 11.5 Å². The van der Waals surface area contributed by atoms with Crippen molar-refractivity contribution < 1.29 is 13.6 Å². The zero-order valence-corrected chi connectivity index (χ0v) is 19.5. The first-order valence-corrected chi connectivity index (χ1v) is 11.5. The van der Waals surface area contributed by atoms with E-state index in [0.717, 1.165) is 16.7 Å². The molecule has 0 radical (unpaired) electrons. The molecule has 0 bridgehead atoms. The number of carbonyl (C=O) groups is 1. The second-order valence-electron chi connectivity index (χ2n) is 9.22. The molecule has 1 aliphatic heterocycles. The maximum Gasteiger partial charge on any atom is 0.328 e. The van der Waals surface area contributed by atoms with Crippen LogP contribution in [0.4, 0.5) is 8.78 Å². The number of amides is 1. The number of hydrogen-bond acceptors (Lipinski definition) is 4. The van der Waals surface area contributed by atoms with Gasteiger partial charge in [0.05, 0.1) is 19.3 Å². The quantitative estimate of drug-likeness (QED) is 0.461. The fourth-order valence-electron chi connectivity index (χ4n) is 4.45. The van der Waals surface area contributed by atoms with Crippen molar-refractivity contribution in [2.24, 2.45) is 0 Å². The van der Waals surface area contributed by atoms with Gasteiger partial charge in [-0.15, -0.1) is 0 Å². The summed E-state index contributed by atoms with van der Waals surface area (Å²) < 4.78 is 28.5. The Morgan fingerprint density at radius 2 is 1.89 bits per heavy atom. The summed E-state index contributed by atoms with van der Waals surface area (Å²) in [7, 11) is 0. The van der Waals surface area contributed by atoms with Gasteiger partial charge < -0.3 is 9.88 Å². The van der Waals surface area contributed by atoms with E-state index in [1.54, 1.807) is 30.5 Å². The van der Waals surface area contributed by atoms with E-state index >= 15 is 0 Å². The molecule has 0 aliphatic carbocycles. The summed E-state index contributed by atoms with van der Waals surface area (Å²) in [5.41, 5.74) is 3.85. The van der Waals surface area contributed by atoms with E-state index in [-0.39, 0.29) is 31.1 Å². The first kappa shape index (κ1) is 22.9. The molecule has 5 rings (SSSR count). The van der Waals surface area contributed by atoms with Crippen molar-refractivity contribution in [3.05, 3.63) is 81.9 Å². The SMILES string of the molecule is CC(C)c1ccccc1-c1ncc2[nH]c(=O)n(Cc3ccc(C(=O)N4CCC(F)(F)C4)cc3)c2n1. The van der Waals surface area contributed by atoms with E-state index < -0.39 is 18.4 Å². The third kappa shape index (κ3) is 4.45. The number of alkyl halides is 2. The standard InChI is InChI=1S/C26H25F2N5O2/c1-16(2)19-5-3-4-6-20(19)22-29-13-21-23(31-22)33(25(35)30-21)14-17-7-9-18(10-8-17)24(34)32-12-11-26(27,28)15-32/h3-10,13,16H,11-12,14-15H2,1-2H3,(H,30,35). The number of likely N-dealkylation sites (tertiary alicyclic amines) is 1. The van der Waals surface area contributed by atoms with Crippen LogP contribution in [0.2, 0.25) is 0 Å². The highest BCUT2D eigenvalue weighted by molar-refractivity contribution is 5.94. The molecule has 1 fully saturated rings. The summed E-state index contributed by atoms with van der Waals surface area (Å²) in [6.07, 6.45) is 1.30. The Hall–Kier alpha value is -3.88. The number of nitrogens with one attached hydrogen (secondary N) is 1. The maximum atomic E-state index is 13.5. The van der Waals surface area contributed by atoms with Gasteiger partial charge in [0.25, 0.3) is 11.8 Å². The lowest BCUT2D eigenvalue weighted by Gasteiger charge is -2.16. The van der Waals surface area contributed by atoms with E-state index in [4.69, 9.17) is 4.98 Å². The van der Waals surface area contributed by atoms with Gasteiger partial charge in [0.2, 0.25) is 0 Å². The Labute approximate surface area is 200 Å². The molecule has 0 atom stereocenters. The number of benzene rings is 2. The minimum Gasteiger partial charge on any atom is -0.332 e. The first-order valence-electron chi connectivity index (χ1n) is 11.5. The van der Waals surface area contributed by atoms with Crippen LogP contribution in [-0.2, 0) is 6.54 Å². The van der Waals surface area contributed by atoms with Gasteiger partial charge in [-0.05, 0) is 29.2 Å². The van der Waals surface area contributed by atoms with Gasteiger partial charge in [-0.1, -0.05) is 50.2 Å². The summed E-state index contributed by atoms with van der Waals surface area (Å²) in [4.78, 5) is 38.4. The lowest BCUT2D eigenvalue weighted by molar-refractivity contribution is 0.0120. The molecule has 0 spiro atoms. The highest BCUT2D eigenvalue weighted by atomic mass is 19.3. The van der Waals surface area contributed by atoms with Crippen LogP contribution >= 0.6 is 0 Å². The average molecular weight is 478 g/mol. The largest absolute Gasteiger partial charge is 0.332 e. The van der Waals surface area contributed by atoms with Crippen LogP contribution in [0, 0.1) is 0 Å². The molecule has 7 nitrogen and oxygen atoms in total. The molecule has 0 saturated carbocycles. The molecule has 9 heteroatoms. The lowest BCUT2D eigenvalue weighted by Crippen LogP contribution is -2.31. The fourth-order valence-corrected chi connectivity index (χ4v) is 4.45. The molecule has 1 aliphatic rings. The third-order valence-electron chi connectivity index (χ3n) is 6.33. The summed E-state index contributed by atoms with van der Waals surface area (Å²) in [6.45, 7) is 3.93. The summed E-state index contributed by atoms with van der Waals surface area (Å²) in [5.74, 6) is -2.42. The molecule has 4 aromatic rings. The monoisotopic (exact) mass is 477 g/mol. The van der Waals surface area contributed by atoms with Crippen LogP contribution in [0.3, 0.4) is 0 Å². The van der Waals surface area contributed by atoms with Crippen molar-refractivity contribution in [1.29, 1.82) is 0 Å². The molecule has 2 aromatic heterocycles. The van der Waals surface area contributed by atoms with Gasteiger partial charge in [-0.3, -0.25) is 9.36 Å². The number of rotatable bonds is 5. The van der Waals surface area contributed by atoms with E-state index in [1.807, 2.05) is 24.3 Å². The summed E-state index contributed by atoms with van der Waals surface area (Å²) in [5, 5.41) is 0. The van der Waals surface area contributed by atoms with E-state index in [1.165, 1.54) is 9.47 Å². The van der Waals surface area contributed by atoms with Gasteiger partial charge >= 0.3 is 5.69 Å². The maximum absolute atomic E-state index is 13.5. The zero-order valence-electron chi connectivity index (χ0n) is 19.5. The minimum absolute atomic E-state index is 0.0420. The van der Waals surface area contributed by atoms with Gasteiger partial charge in [-0.2, -0.15) is 0 Å². The van der Waals surface area contributed by atoms with Crippen LogP contribution in [0.15, 0.2) is 59.5 Å². The molecule has 1 N–H and O–H groups in total. The van der Waals surface area contributed by atoms with Crippen molar-refractivity contribution in [3.8, 4) is 11.4 Å². The number of halogens is 2. The van der Waals surface area contributed by atoms with Gasteiger partial charge in [-0.25, -0.2) is 23.5 Å². The van der Waals surface area contributed by atoms with E-state index in [0.29, 0.717) is 22.6 Å². The Morgan fingerprint density at radius 3 is 2.57 bits per heavy atom. The predicted octanol–water partition coefficient (Wildman–Crippen LogP) is 4.44. The van der Waals surface area contributed by atoms with Crippen LogP contribution < -0.4 is 5.69 Å². The van der Waals surface area contributed by atoms with Crippen LogP contribution in [0.1, 0.15) is 47.7 Å². The number of imidazole rings is 1. The Morgan fingerprint density at radius 1 is 1.14 bits per heavy atom. The Kier molecular flexibility index (Phi) is 5.70. The van der Waals surface area contributed by atoms with Crippen LogP contribution in [0.25, 0.3) is 22.6 Å². The molecule has 1 saturated heterocycles. The second kappa shape index (κ2) is 8.72. The molecular weight excluding hydrogens is 452 g/mol. The smallest absolute Gasteiger partial charge is 0.328 e. The van der Waals surface area contributed by atoms with Crippen molar-refractivity contribution in [3.63, 3.8) is 0 Å². The van der Waals surface area contributed by atoms with E-state index in [9.17, 15) is 18.4 Å². The van der Waals surface area contributed by atoms with Crippen molar-refractivity contribution in [1.82, 2.24) is 24.4 Å². The molecule has 0 unspecified atom stereocenters. The number of aromatic nitrogens is 4. The fraction of sp³-hybridized carbons (Fsp3) is 0.308. The van der Waals surface area contributed by atoms with Crippen molar-refractivity contribution in [2.45, 2.75) is 38.7 Å². The summed E-state index contributed by atoms with van der Waals surface area (Å²) >= 11 is 0. The third-order valence-corrected chi connectivity index (χ3v) is 6.33. The Bertz CT molecular complexity index is 1460. The van der Waals surface area contributed by atoms with Crippen molar-refractivity contribution >= 4 is 17.1 Å². The number of hydrogen-bond donors (Lipinski definition) is 1. The zero-order chi connectivity index (χ0) is 24.7. The molecule has 2 aromatic carbocycles. The van der Waals surface area contributed by atoms with Crippen molar-refractivity contribution in [2.75, 3.05) is 13.1 Å². The highest BCUT2D eigenvalue weighted by Crippen LogP contribution is 2.29. The Balaban J connectivity index is 1.43. The molecule has 1 amide bonds. The topological polar surface area (TPSA) is 83.9 Å². The number of carbonyl (C=O) groups excluding carboxylic acids is 1. The first-order chi connectivity index (χ1) is 16.7. The predicted molar refractivity (Wildman–Crippen MR) is 129 cm³/mol. The van der Waals surface area contributed by atoms with Gasteiger partial charge in [0.1, 0.15) is 5.52 Å². The molecular formula is C26H25F2N5O2. The normalized spacial score (nSPS) is 15.3. The number of fused-ring (bicyclic) bond motifs is 1. The number of H-pyrrole nitrogens is 1. The van der Waals surface area contributed by atoms with Crippen LogP contribution in [-0.4, -0.2) is 49.3 Å². The van der Waals surface area contributed by atoms with Gasteiger partial charge in [0, 0.05) is 24.1 Å². The molecule has 35 heavy (non-hydrogen) atoms. The molecule has 3 heterocycles. The van der Waals surface area contributed by atoms with Crippen LogP contribution in [0.5, 0.6) is 0 Å². The van der Waals surface area contributed by atoms with E-state index in [2.05, 4.69) is 23.8 Å². The minimum atomic E-state index is -2.83. The number of aromatic amines is 1. The highest BCUT2D eigenvalue weighted by Gasteiger charge is 2.40. The molecule has 180 valence electrons.